The number of para-hydroxylation sites is 1. The third-order valence-electron chi connectivity index (χ3n) is 5.30. The Labute approximate surface area is 195 Å². The number of carbonyl (C=O) groups is 2. The number of carbonyl (C=O) groups excluding carboxylic acids is 2. The molecule has 2 N–H and O–H groups in total. The number of aromatic amines is 1. The molecule has 0 bridgehead atoms. The maximum absolute atomic E-state index is 13.6. The van der Waals surface area contributed by atoms with Gasteiger partial charge in [-0.1, -0.05) is 30.3 Å². The first-order valence-electron chi connectivity index (χ1n) is 10.3. The molecule has 4 rings (SSSR count). The minimum atomic E-state index is -4.09. The molecule has 0 amide bonds. The highest BCUT2D eigenvalue weighted by Gasteiger charge is 2.20. The number of benzene rings is 3. The molecule has 0 spiro atoms. The van der Waals surface area contributed by atoms with Crippen LogP contribution in [0.2, 0.25) is 0 Å². The number of rotatable bonds is 7. The molecule has 0 aliphatic heterocycles. The van der Waals surface area contributed by atoms with Crippen LogP contribution in [0, 0.1) is 19.7 Å². The maximum Gasteiger partial charge on any atom is 0.338 e. The average molecular weight is 481 g/mol. The number of aryl methyl sites for hydroxylation is 2. The first-order valence-corrected chi connectivity index (χ1v) is 11.8. The van der Waals surface area contributed by atoms with E-state index >= 15 is 0 Å². The molecule has 174 valence electrons. The van der Waals surface area contributed by atoms with Crippen LogP contribution in [0.5, 0.6) is 0 Å². The van der Waals surface area contributed by atoms with E-state index in [1.807, 2.05) is 24.3 Å². The van der Waals surface area contributed by atoms with Gasteiger partial charge in [0.2, 0.25) is 5.78 Å². The summed E-state index contributed by atoms with van der Waals surface area (Å²) in [5.74, 6) is -1.83. The third-order valence-corrected chi connectivity index (χ3v) is 6.82. The Bertz CT molecular complexity index is 1530. The summed E-state index contributed by atoms with van der Waals surface area (Å²) in [5.41, 5.74) is 2.46. The quantitative estimate of drug-likeness (QED) is 0.293. The lowest BCUT2D eigenvalue weighted by atomic mass is 10.1. The Morgan fingerprint density at radius 2 is 1.76 bits per heavy atom. The van der Waals surface area contributed by atoms with Crippen LogP contribution in [0.4, 0.5) is 10.1 Å². The van der Waals surface area contributed by atoms with Gasteiger partial charge in [0.05, 0.1) is 10.5 Å². The molecule has 34 heavy (non-hydrogen) atoms. The molecule has 0 aliphatic carbocycles. The summed E-state index contributed by atoms with van der Waals surface area (Å²) in [4.78, 5) is 28.2. The van der Waals surface area contributed by atoms with E-state index in [9.17, 15) is 22.4 Å². The number of hydrogen-bond donors (Lipinski definition) is 2. The maximum atomic E-state index is 13.6. The molecule has 7 nitrogen and oxygen atoms in total. The number of hydrogen-bond acceptors (Lipinski definition) is 5. The van der Waals surface area contributed by atoms with Crippen LogP contribution in [-0.2, 0) is 14.8 Å². The lowest BCUT2D eigenvalue weighted by Crippen LogP contribution is -2.16. The number of ketones is 1. The van der Waals surface area contributed by atoms with Gasteiger partial charge in [-0.15, -0.1) is 0 Å². The average Bonchev–Trinajstić information content (AvgIpc) is 3.14. The third kappa shape index (κ3) is 4.69. The number of halogens is 1. The van der Waals surface area contributed by atoms with Gasteiger partial charge in [-0.3, -0.25) is 9.52 Å². The molecular formula is C25H21FN2O5S. The van der Waals surface area contributed by atoms with E-state index in [1.54, 1.807) is 13.8 Å². The van der Waals surface area contributed by atoms with Crippen molar-refractivity contribution in [2.75, 3.05) is 11.3 Å². The van der Waals surface area contributed by atoms with Crippen molar-refractivity contribution in [3.63, 3.8) is 0 Å². The second-order valence-corrected chi connectivity index (χ2v) is 9.42. The van der Waals surface area contributed by atoms with Crippen molar-refractivity contribution in [2.24, 2.45) is 0 Å². The normalized spacial score (nSPS) is 11.4. The smallest absolute Gasteiger partial charge is 0.338 e. The van der Waals surface area contributed by atoms with E-state index in [4.69, 9.17) is 4.74 Å². The second kappa shape index (κ2) is 9.11. The summed E-state index contributed by atoms with van der Waals surface area (Å²) in [5, 5.41) is 0.741. The molecule has 9 heteroatoms. The molecule has 4 aromatic rings. The Morgan fingerprint density at radius 3 is 2.56 bits per heavy atom. The van der Waals surface area contributed by atoms with Gasteiger partial charge in [0.25, 0.3) is 10.0 Å². The monoisotopic (exact) mass is 480 g/mol. The Hall–Kier alpha value is -3.98. The highest BCUT2D eigenvalue weighted by molar-refractivity contribution is 7.92. The van der Waals surface area contributed by atoms with Gasteiger partial charge in [-0.05, 0) is 55.8 Å². The number of ether oxygens (including phenoxy) is 1. The molecule has 0 fully saturated rings. The van der Waals surface area contributed by atoms with Crippen LogP contribution >= 0.6 is 0 Å². The summed E-state index contributed by atoms with van der Waals surface area (Å²) in [6, 6.07) is 16.4. The largest absolute Gasteiger partial charge is 0.454 e. The summed E-state index contributed by atoms with van der Waals surface area (Å²) in [6.07, 6.45) is 0. The minimum absolute atomic E-state index is 0.0552. The lowest BCUT2D eigenvalue weighted by molar-refractivity contribution is 0.0475. The van der Waals surface area contributed by atoms with Gasteiger partial charge in [0.1, 0.15) is 5.82 Å². The molecule has 1 aromatic heterocycles. The van der Waals surface area contributed by atoms with Gasteiger partial charge >= 0.3 is 5.97 Å². The standard InChI is InChI=1S/C25H21FN2O5S/c1-15-10-11-18(26)13-23(15)34(31,32)28-19-7-5-6-17(12-19)25(30)33-14-22(29)24-16(2)27-21-9-4-3-8-20(21)24/h3-13,27-28H,14H2,1-2H3. The van der Waals surface area contributed by atoms with Crippen LogP contribution in [0.15, 0.2) is 71.6 Å². The van der Waals surface area contributed by atoms with E-state index in [0.717, 1.165) is 17.0 Å². The molecule has 3 aromatic carbocycles. The van der Waals surface area contributed by atoms with Crippen molar-refractivity contribution in [1.29, 1.82) is 0 Å². The number of esters is 1. The van der Waals surface area contributed by atoms with Crippen molar-refractivity contribution in [3.05, 3.63) is 94.9 Å². The summed E-state index contributed by atoms with van der Waals surface area (Å²) in [6.45, 7) is 2.85. The topological polar surface area (TPSA) is 105 Å². The van der Waals surface area contributed by atoms with Crippen molar-refractivity contribution < 1.29 is 27.1 Å². The first-order chi connectivity index (χ1) is 16.2. The summed E-state index contributed by atoms with van der Waals surface area (Å²) >= 11 is 0. The highest BCUT2D eigenvalue weighted by Crippen LogP contribution is 2.23. The van der Waals surface area contributed by atoms with Crippen LogP contribution < -0.4 is 4.72 Å². The second-order valence-electron chi connectivity index (χ2n) is 7.77. The molecule has 0 saturated carbocycles. The fraction of sp³-hybridized carbons (Fsp3) is 0.120. The molecule has 0 aliphatic rings. The Morgan fingerprint density at radius 1 is 1.00 bits per heavy atom. The Kier molecular flexibility index (Phi) is 6.21. The van der Waals surface area contributed by atoms with Crippen molar-refractivity contribution in [1.82, 2.24) is 4.98 Å². The number of Topliss-reactive ketones (excluding diaryl/α,β-unsaturated/α-hetero) is 1. The zero-order chi connectivity index (χ0) is 24.5. The zero-order valence-electron chi connectivity index (χ0n) is 18.4. The van der Waals surface area contributed by atoms with E-state index in [-0.39, 0.29) is 21.9 Å². The van der Waals surface area contributed by atoms with Crippen LogP contribution in [0.25, 0.3) is 10.9 Å². The predicted molar refractivity (Wildman–Crippen MR) is 126 cm³/mol. The lowest BCUT2D eigenvalue weighted by Gasteiger charge is -2.11. The van der Waals surface area contributed by atoms with Gasteiger partial charge < -0.3 is 9.72 Å². The number of nitrogens with one attached hydrogen (secondary N) is 2. The van der Waals surface area contributed by atoms with E-state index < -0.39 is 28.4 Å². The molecule has 0 unspecified atom stereocenters. The van der Waals surface area contributed by atoms with Crippen LogP contribution in [-0.4, -0.2) is 31.8 Å². The molecule has 0 atom stereocenters. The van der Waals surface area contributed by atoms with Gasteiger partial charge in [0.15, 0.2) is 6.61 Å². The van der Waals surface area contributed by atoms with E-state index in [1.165, 1.54) is 36.4 Å². The highest BCUT2D eigenvalue weighted by atomic mass is 32.2. The summed E-state index contributed by atoms with van der Waals surface area (Å²) in [7, 11) is -4.09. The molecule has 0 saturated heterocycles. The van der Waals surface area contributed by atoms with Crippen molar-refractivity contribution in [2.45, 2.75) is 18.7 Å². The predicted octanol–water partition coefficient (Wildman–Crippen LogP) is 4.76. The Balaban J connectivity index is 1.48. The number of anilines is 1. The van der Waals surface area contributed by atoms with Crippen LogP contribution in [0.3, 0.4) is 0 Å². The first kappa shape index (κ1) is 23.2. The van der Waals surface area contributed by atoms with E-state index in [0.29, 0.717) is 16.8 Å². The van der Waals surface area contributed by atoms with Crippen LogP contribution in [0.1, 0.15) is 32.0 Å². The van der Waals surface area contributed by atoms with E-state index in [2.05, 4.69) is 9.71 Å². The minimum Gasteiger partial charge on any atom is -0.454 e. The van der Waals surface area contributed by atoms with Gasteiger partial charge in [-0.2, -0.15) is 0 Å². The van der Waals surface area contributed by atoms with Crippen molar-refractivity contribution >= 4 is 38.4 Å². The number of H-pyrrole nitrogens is 1. The fourth-order valence-corrected chi connectivity index (χ4v) is 5.01. The molecule has 1 heterocycles. The SMILES string of the molecule is Cc1ccc(F)cc1S(=O)(=O)Nc1cccc(C(=O)OCC(=O)c2c(C)[nH]c3ccccc23)c1. The zero-order valence-corrected chi connectivity index (χ0v) is 19.2. The molecular weight excluding hydrogens is 459 g/mol. The van der Waals surface area contributed by atoms with Gasteiger partial charge in [0, 0.05) is 27.8 Å². The summed E-state index contributed by atoms with van der Waals surface area (Å²) < 4.78 is 46.5. The number of fused-ring (bicyclic) bond motifs is 1. The van der Waals surface area contributed by atoms with Gasteiger partial charge in [-0.25, -0.2) is 17.6 Å². The fourth-order valence-electron chi connectivity index (χ4n) is 3.71. The number of sulfonamides is 1. The number of aromatic nitrogens is 1. The van der Waals surface area contributed by atoms with Crippen molar-refractivity contribution in [3.8, 4) is 0 Å². The molecule has 0 radical (unpaired) electrons.